The third-order valence-electron chi connectivity index (χ3n) is 2.19. The first kappa shape index (κ1) is 13.4. The molecule has 7 heteroatoms. The Labute approximate surface area is 102 Å². The zero-order chi connectivity index (χ0) is 13.7. The Morgan fingerprint density at radius 1 is 1.61 bits per heavy atom. The van der Waals surface area contributed by atoms with E-state index in [9.17, 15) is 20.0 Å². The fourth-order valence-corrected chi connectivity index (χ4v) is 1.41. The van der Waals surface area contributed by atoms with E-state index < -0.39 is 22.3 Å². The van der Waals surface area contributed by atoms with Gasteiger partial charge in [0.2, 0.25) is 5.75 Å². The number of hydrogen-bond donors (Lipinski definition) is 1. The Morgan fingerprint density at radius 3 is 2.78 bits per heavy atom. The molecule has 1 N–H and O–H groups in total. The maximum Gasteiger partial charge on any atom is 0.312 e. The van der Waals surface area contributed by atoms with Gasteiger partial charge in [0, 0.05) is 6.07 Å². The molecule has 0 aliphatic rings. The molecular formula is C11H10N2O5. The molecule has 0 spiro atoms. The number of rotatable bonds is 4. The largest absolute Gasteiger partial charge is 0.501 e. The van der Waals surface area contributed by atoms with E-state index in [0.717, 1.165) is 6.07 Å². The van der Waals surface area contributed by atoms with Crippen molar-refractivity contribution >= 4 is 11.7 Å². The standard InChI is InChI=1S/C11H10N2O5/c1-2-18-10(14)5-7-3-4-9(13(16)17)11(15)8(7)6-12/h3-4,15H,2,5H2,1H3. The highest BCUT2D eigenvalue weighted by Gasteiger charge is 2.21. The summed E-state index contributed by atoms with van der Waals surface area (Å²) in [6, 6.07) is 3.95. The number of nitrogens with zero attached hydrogens (tertiary/aromatic N) is 2. The fraction of sp³-hybridized carbons (Fsp3) is 0.273. The predicted molar refractivity (Wildman–Crippen MR) is 59.8 cm³/mol. The summed E-state index contributed by atoms with van der Waals surface area (Å²) < 4.78 is 4.70. The number of esters is 1. The van der Waals surface area contributed by atoms with Crippen molar-refractivity contribution in [3.05, 3.63) is 33.4 Å². The Morgan fingerprint density at radius 2 is 2.28 bits per heavy atom. The van der Waals surface area contributed by atoms with Gasteiger partial charge in [-0.1, -0.05) is 6.07 Å². The smallest absolute Gasteiger partial charge is 0.312 e. The maximum atomic E-state index is 11.3. The molecule has 0 aromatic heterocycles. The predicted octanol–water partition coefficient (Wildman–Crippen LogP) is 1.28. The molecule has 0 aliphatic carbocycles. The normalized spacial score (nSPS) is 9.56. The van der Waals surface area contributed by atoms with Crippen LogP contribution in [0.25, 0.3) is 0 Å². The van der Waals surface area contributed by atoms with Crippen molar-refractivity contribution in [1.29, 1.82) is 5.26 Å². The van der Waals surface area contributed by atoms with Crippen LogP contribution in [0, 0.1) is 21.4 Å². The number of nitro groups is 1. The number of benzene rings is 1. The van der Waals surface area contributed by atoms with Crippen LogP contribution in [0.4, 0.5) is 5.69 Å². The van der Waals surface area contributed by atoms with Gasteiger partial charge >= 0.3 is 11.7 Å². The van der Waals surface area contributed by atoms with Crippen LogP contribution in [0.2, 0.25) is 0 Å². The van der Waals surface area contributed by atoms with E-state index in [1.54, 1.807) is 13.0 Å². The first-order valence-corrected chi connectivity index (χ1v) is 5.06. The first-order valence-electron chi connectivity index (χ1n) is 5.06. The van der Waals surface area contributed by atoms with Crippen molar-refractivity contribution in [1.82, 2.24) is 0 Å². The summed E-state index contributed by atoms with van der Waals surface area (Å²) in [7, 11) is 0. The summed E-state index contributed by atoms with van der Waals surface area (Å²) in [6.45, 7) is 1.83. The van der Waals surface area contributed by atoms with E-state index in [0.29, 0.717) is 0 Å². The molecule has 94 valence electrons. The first-order chi connectivity index (χ1) is 8.51. The number of nitriles is 1. The molecule has 7 nitrogen and oxygen atoms in total. The molecule has 18 heavy (non-hydrogen) atoms. The number of aromatic hydroxyl groups is 1. The van der Waals surface area contributed by atoms with Crippen molar-refractivity contribution in [2.24, 2.45) is 0 Å². The summed E-state index contributed by atoms with van der Waals surface area (Å²) in [5.74, 6) is -1.30. The average Bonchev–Trinajstić information content (AvgIpc) is 2.29. The topological polar surface area (TPSA) is 113 Å². The van der Waals surface area contributed by atoms with E-state index in [1.165, 1.54) is 6.07 Å². The average molecular weight is 250 g/mol. The summed E-state index contributed by atoms with van der Waals surface area (Å²) in [6.07, 6.45) is -0.220. The van der Waals surface area contributed by atoms with Crippen LogP contribution in [-0.2, 0) is 16.0 Å². The molecule has 0 saturated heterocycles. The zero-order valence-corrected chi connectivity index (χ0v) is 9.54. The molecule has 0 radical (unpaired) electrons. The number of ether oxygens (including phenoxy) is 1. The number of nitro benzene ring substituents is 1. The lowest BCUT2D eigenvalue weighted by molar-refractivity contribution is -0.385. The van der Waals surface area contributed by atoms with Gasteiger partial charge in [-0.15, -0.1) is 0 Å². The van der Waals surface area contributed by atoms with Crippen LogP contribution < -0.4 is 0 Å². The van der Waals surface area contributed by atoms with Gasteiger partial charge in [-0.25, -0.2) is 0 Å². The lowest BCUT2D eigenvalue weighted by Gasteiger charge is -2.05. The molecule has 0 aliphatic heterocycles. The number of phenols is 1. The van der Waals surface area contributed by atoms with Crippen LogP contribution in [0.5, 0.6) is 5.75 Å². The second-order valence-corrected chi connectivity index (χ2v) is 3.32. The van der Waals surface area contributed by atoms with Gasteiger partial charge < -0.3 is 9.84 Å². The number of phenolic OH excluding ortho intramolecular Hbond substituents is 1. The van der Waals surface area contributed by atoms with E-state index >= 15 is 0 Å². The van der Waals surface area contributed by atoms with Gasteiger partial charge in [0.15, 0.2) is 0 Å². The summed E-state index contributed by atoms with van der Waals surface area (Å²) in [4.78, 5) is 21.0. The van der Waals surface area contributed by atoms with Crippen LogP contribution in [0.3, 0.4) is 0 Å². The van der Waals surface area contributed by atoms with E-state index in [4.69, 9.17) is 10.00 Å². The molecule has 0 heterocycles. The molecule has 1 aromatic rings. The van der Waals surface area contributed by atoms with Gasteiger partial charge in [-0.2, -0.15) is 5.26 Å². The van der Waals surface area contributed by atoms with Crippen LogP contribution in [-0.4, -0.2) is 22.6 Å². The van der Waals surface area contributed by atoms with Crippen molar-refractivity contribution in [2.45, 2.75) is 13.3 Å². The van der Waals surface area contributed by atoms with E-state index in [2.05, 4.69) is 0 Å². The summed E-state index contributed by atoms with van der Waals surface area (Å²) in [5.41, 5.74) is -0.657. The minimum Gasteiger partial charge on any atom is -0.501 e. The second-order valence-electron chi connectivity index (χ2n) is 3.32. The summed E-state index contributed by atoms with van der Waals surface area (Å²) >= 11 is 0. The van der Waals surface area contributed by atoms with Gasteiger partial charge in [0.25, 0.3) is 0 Å². The number of hydrogen-bond acceptors (Lipinski definition) is 6. The van der Waals surface area contributed by atoms with E-state index in [1.807, 2.05) is 0 Å². The van der Waals surface area contributed by atoms with Gasteiger partial charge in [0.05, 0.1) is 18.0 Å². The Hall–Kier alpha value is -2.62. The number of carbonyl (C=O) groups is 1. The van der Waals surface area contributed by atoms with Gasteiger partial charge in [-0.05, 0) is 12.5 Å². The minimum atomic E-state index is -0.801. The highest BCUT2D eigenvalue weighted by Crippen LogP contribution is 2.31. The second kappa shape index (κ2) is 5.63. The fourth-order valence-electron chi connectivity index (χ4n) is 1.41. The molecule has 1 rings (SSSR count). The number of carbonyl (C=O) groups excluding carboxylic acids is 1. The third-order valence-corrected chi connectivity index (χ3v) is 2.19. The van der Waals surface area contributed by atoms with Crippen LogP contribution >= 0.6 is 0 Å². The third kappa shape index (κ3) is 2.74. The molecule has 0 atom stereocenters. The lowest BCUT2D eigenvalue weighted by Crippen LogP contribution is -2.09. The lowest BCUT2D eigenvalue weighted by atomic mass is 10.0. The molecule has 1 aromatic carbocycles. The molecule has 0 saturated carbocycles. The summed E-state index contributed by atoms with van der Waals surface area (Å²) in [5, 5.41) is 29.0. The van der Waals surface area contributed by atoms with Crippen LogP contribution in [0.1, 0.15) is 18.1 Å². The molecule has 0 bridgehead atoms. The molecule has 0 unspecified atom stereocenters. The molecule has 0 fully saturated rings. The SMILES string of the molecule is CCOC(=O)Cc1ccc([N+](=O)[O-])c(O)c1C#N. The van der Waals surface area contributed by atoms with Crippen molar-refractivity contribution < 1.29 is 19.6 Å². The monoisotopic (exact) mass is 250 g/mol. The van der Waals surface area contributed by atoms with Gasteiger partial charge in [0.1, 0.15) is 11.6 Å². The maximum absolute atomic E-state index is 11.3. The zero-order valence-electron chi connectivity index (χ0n) is 9.54. The highest BCUT2D eigenvalue weighted by atomic mass is 16.6. The van der Waals surface area contributed by atoms with Gasteiger partial charge in [-0.3, -0.25) is 14.9 Å². The van der Waals surface area contributed by atoms with E-state index in [-0.39, 0.29) is 24.2 Å². The molecular weight excluding hydrogens is 240 g/mol. The van der Waals surface area contributed by atoms with Crippen molar-refractivity contribution in [3.63, 3.8) is 0 Å². The Kier molecular flexibility index (Phi) is 4.21. The van der Waals surface area contributed by atoms with Crippen molar-refractivity contribution in [3.8, 4) is 11.8 Å². The Balaban J connectivity index is 3.16. The minimum absolute atomic E-state index is 0.194. The quantitative estimate of drug-likeness (QED) is 0.489. The Bertz CT molecular complexity index is 533. The molecule has 0 amide bonds. The highest BCUT2D eigenvalue weighted by molar-refractivity contribution is 5.75. The van der Waals surface area contributed by atoms with Crippen LogP contribution in [0.15, 0.2) is 12.1 Å². The van der Waals surface area contributed by atoms with Crippen molar-refractivity contribution in [2.75, 3.05) is 6.61 Å².